The number of anilines is 1. The van der Waals surface area contributed by atoms with Gasteiger partial charge in [-0.15, -0.1) is 0 Å². The lowest BCUT2D eigenvalue weighted by Gasteiger charge is -2.14. The number of aromatic nitrogens is 2. The number of ether oxygens (including phenoxy) is 1. The van der Waals surface area contributed by atoms with Crippen LogP contribution in [0.5, 0.6) is 5.75 Å². The Bertz CT molecular complexity index is 1370. The Morgan fingerprint density at radius 2 is 1.88 bits per heavy atom. The van der Waals surface area contributed by atoms with Gasteiger partial charge in [-0.05, 0) is 67.9 Å². The first-order valence-corrected chi connectivity index (χ1v) is 11.8. The van der Waals surface area contributed by atoms with E-state index in [4.69, 9.17) is 16.3 Å². The SMILES string of the molecule is CCOc1ccc(-n2c(SCC(=O)Nc3ccc(C)c(Cl)c3)nc3ccccc3c2=O)cc1. The molecule has 0 unspecified atom stereocenters. The molecule has 0 saturated carbocycles. The van der Waals surface area contributed by atoms with Crippen LogP contribution < -0.4 is 15.6 Å². The molecule has 1 heterocycles. The van der Waals surface area contributed by atoms with Gasteiger partial charge >= 0.3 is 0 Å². The number of fused-ring (bicyclic) bond motifs is 1. The molecule has 4 aromatic rings. The molecule has 0 fully saturated rings. The molecule has 0 aliphatic carbocycles. The zero-order valence-corrected chi connectivity index (χ0v) is 19.7. The summed E-state index contributed by atoms with van der Waals surface area (Å²) in [6, 6.07) is 19.8. The van der Waals surface area contributed by atoms with E-state index in [2.05, 4.69) is 10.3 Å². The Hall–Kier alpha value is -3.29. The molecule has 0 radical (unpaired) electrons. The number of carbonyl (C=O) groups is 1. The molecule has 0 spiro atoms. The summed E-state index contributed by atoms with van der Waals surface area (Å²) in [6.45, 7) is 4.37. The number of aryl methyl sites for hydroxylation is 1. The third-order valence-electron chi connectivity index (χ3n) is 4.94. The van der Waals surface area contributed by atoms with Crippen LogP contribution in [0.25, 0.3) is 16.6 Å². The van der Waals surface area contributed by atoms with Gasteiger partial charge in [0.15, 0.2) is 5.16 Å². The molecule has 4 rings (SSSR count). The molecule has 1 N–H and O–H groups in total. The molecule has 1 amide bonds. The van der Waals surface area contributed by atoms with E-state index >= 15 is 0 Å². The average molecular weight is 480 g/mol. The molecule has 6 nitrogen and oxygen atoms in total. The number of para-hydroxylation sites is 1. The smallest absolute Gasteiger partial charge is 0.266 e. The Morgan fingerprint density at radius 1 is 1.12 bits per heavy atom. The van der Waals surface area contributed by atoms with E-state index in [0.717, 1.165) is 5.56 Å². The molecular weight excluding hydrogens is 458 g/mol. The minimum atomic E-state index is -0.222. The normalized spacial score (nSPS) is 10.9. The Morgan fingerprint density at radius 3 is 2.61 bits per heavy atom. The maximum absolute atomic E-state index is 13.3. The monoisotopic (exact) mass is 479 g/mol. The van der Waals surface area contributed by atoms with E-state index in [1.165, 1.54) is 16.3 Å². The number of rotatable bonds is 7. The molecule has 0 aliphatic heterocycles. The fourth-order valence-electron chi connectivity index (χ4n) is 3.29. The molecule has 8 heteroatoms. The first kappa shape index (κ1) is 22.9. The highest BCUT2D eigenvalue weighted by Crippen LogP contribution is 2.24. The number of halogens is 1. The zero-order chi connectivity index (χ0) is 23.4. The predicted octanol–water partition coefficient (Wildman–Crippen LogP) is 5.48. The third-order valence-corrected chi connectivity index (χ3v) is 6.28. The second-order valence-electron chi connectivity index (χ2n) is 7.28. The largest absolute Gasteiger partial charge is 0.494 e. The summed E-state index contributed by atoms with van der Waals surface area (Å²) in [5.74, 6) is 0.571. The first-order chi connectivity index (χ1) is 16.0. The Kier molecular flexibility index (Phi) is 7.01. The van der Waals surface area contributed by atoms with E-state index < -0.39 is 0 Å². The summed E-state index contributed by atoms with van der Waals surface area (Å²) in [7, 11) is 0. The van der Waals surface area contributed by atoms with Crippen molar-refractivity contribution in [3.63, 3.8) is 0 Å². The van der Waals surface area contributed by atoms with Gasteiger partial charge in [-0.1, -0.05) is 41.6 Å². The zero-order valence-electron chi connectivity index (χ0n) is 18.2. The van der Waals surface area contributed by atoms with E-state index in [9.17, 15) is 9.59 Å². The fraction of sp³-hybridized carbons (Fsp3) is 0.160. The van der Waals surface area contributed by atoms with Gasteiger partial charge in [-0.25, -0.2) is 4.98 Å². The van der Waals surface area contributed by atoms with Crippen molar-refractivity contribution in [3.05, 3.63) is 87.7 Å². The van der Waals surface area contributed by atoms with Crippen molar-refractivity contribution < 1.29 is 9.53 Å². The van der Waals surface area contributed by atoms with Crippen LogP contribution >= 0.6 is 23.4 Å². The van der Waals surface area contributed by atoms with Crippen LogP contribution in [-0.4, -0.2) is 27.8 Å². The molecule has 0 saturated heterocycles. The molecule has 0 aliphatic rings. The second kappa shape index (κ2) is 10.1. The molecule has 168 valence electrons. The highest BCUT2D eigenvalue weighted by atomic mass is 35.5. The number of benzene rings is 3. The third kappa shape index (κ3) is 5.21. The van der Waals surface area contributed by atoms with E-state index in [1.54, 1.807) is 42.5 Å². The average Bonchev–Trinajstić information content (AvgIpc) is 2.81. The lowest BCUT2D eigenvalue weighted by atomic mass is 10.2. The van der Waals surface area contributed by atoms with Crippen LogP contribution in [0.4, 0.5) is 5.69 Å². The summed E-state index contributed by atoms with van der Waals surface area (Å²) in [6.07, 6.45) is 0. The predicted molar refractivity (Wildman–Crippen MR) is 134 cm³/mol. The summed E-state index contributed by atoms with van der Waals surface area (Å²) in [4.78, 5) is 30.6. The Balaban J connectivity index is 1.64. The first-order valence-electron chi connectivity index (χ1n) is 10.4. The number of nitrogens with zero attached hydrogens (tertiary/aromatic N) is 2. The van der Waals surface area contributed by atoms with E-state index in [1.807, 2.05) is 38.1 Å². The van der Waals surface area contributed by atoms with Crippen molar-refractivity contribution in [3.8, 4) is 11.4 Å². The van der Waals surface area contributed by atoms with Gasteiger partial charge in [0.1, 0.15) is 5.75 Å². The lowest BCUT2D eigenvalue weighted by molar-refractivity contribution is -0.113. The molecule has 33 heavy (non-hydrogen) atoms. The minimum Gasteiger partial charge on any atom is -0.494 e. The quantitative estimate of drug-likeness (QED) is 0.281. The fourth-order valence-corrected chi connectivity index (χ4v) is 4.29. The van der Waals surface area contributed by atoms with Crippen molar-refractivity contribution in [1.29, 1.82) is 0 Å². The van der Waals surface area contributed by atoms with Crippen LogP contribution in [0.15, 0.2) is 76.7 Å². The van der Waals surface area contributed by atoms with Gasteiger partial charge in [-0.3, -0.25) is 14.2 Å². The highest BCUT2D eigenvalue weighted by molar-refractivity contribution is 7.99. The Labute approximate surface area is 200 Å². The van der Waals surface area contributed by atoms with Gasteiger partial charge in [0, 0.05) is 10.7 Å². The van der Waals surface area contributed by atoms with Crippen LogP contribution in [0.3, 0.4) is 0 Å². The van der Waals surface area contributed by atoms with Gasteiger partial charge in [0.25, 0.3) is 5.56 Å². The maximum atomic E-state index is 13.3. The molecule has 0 atom stereocenters. The number of nitrogens with one attached hydrogen (secondary N) is 1. The van der Waals surface area contributed by atoms with Crippen LogP contribution in [0.2, 0.25) is 5.02 Å². The van der Waals surface area contributed by atoms with Crippen molar-refractivity contribution >= 4 is 45.9 Å². The topological polar surface area (TPSA) is 73.2 Å². The van der Waals surface area contributed by atoms with Crippen LogP contribution in [0, 0.1) is 6.92 Å². The van der Waals surface area contributed by atoms with Crippen molar-refractivity contribution in [2.45, 2.75) is 19.0 Å². The number of thioether (sulfide) groups is 1. The van der Waals surface area contributed by atoms with Crippen LogP contribution in [0.1, 0.15) is 12.5 Å². The number of carbonyl (C=O) groups excluding carboxylic acids is 1. The lowest BCUT2D eigenvalue weighted by Crippen LogP contribution is -2.23. The van der Waals surface area contributed by atoms with Crippen molar-refractivity contribution in [2.75, 3.05) is 17.7 Å². The second-order valence-corrected chi connectivity index (χ2v) is 8.63. The molecule has 3 aromatic carbocycles. The summed E-state index contributed by atoms with van der Waals surface area (Å²) < 4.78 is 7.03. The molecule has 0 bridgehead atoms. The van der Waals surface area contributed by atoms with E-state index in [-0.39, 0.29) is 17.2 Å². The summed E-state index contributed by atoms with van der Waals surface area (Å²) >= 11 is 7.34. The van der Waals surface area contributed by atoms with Gasteiger partial charge in [0.05, 0.1) is 29.0 Å². The van der Waals surface area contributed by atoms with Crippen LogP contribution in [-0.2, 0) is 4.79 Å². The number of hydrogen-bond donors (Lipinski definition) is 1. The summed E-state index contributed by atoms with van der Waals surface area (Å²) in [5, 5.41) is 4.36. The summed E-state index contributed by atoms with van der Waals surface area (Å²) in [5.41, 5.74) is 2.58. The van der Waals surface area contributed by atoms with Gasteiger partial charge in [-0.2, -0.15) is 0 Å². The van der Waals surface area contributed by atoms with E-state index in [0.29, 0.717) is 44.8 Å². The maximum Gasteiger partial charge on any atom is 0.266 e. The van der Waals surface area contributed by atoms with Gasteiger partial charge in [0.2, 0.25) is 5.91 Å². The number of amides is 1. The minimum absolute atomic E-state index is 0.0767. The standard InChI is InChI=1S/C25H22ClN3O3S/c1-3-32-19-12-10-18(11-13-19)29-24(31)20-6-4-5-7-22(20)28-25(29)33-15-23(30)27-17-9-8-16(2)21(26)14-17/h4-14H,3,15H2,1-2H3,(H,27,30). The molecule has 1 aromatic heterocycles. The molecular formula is C25H22ClN3O3S. The van der Waals surface area contributed by atoms with Crippen molar-refractivity contribution in [1.82, 2.24) is 9.55 Å². The highest BCUT2D eigenvalue weighted by Gasteiger charge is 2.15. The number of hydrogen-bond acceptors (Lipinski definition) is 5. The van der Waals surface area contributed by atoms with Gasteiger partial charge < -0.3 is 10.1 Å². The van der Waals surface area contributed by atoms with Crippen molar-refractivity contribution in [2.24, 2.45) is 0 Å².